The summed E-state index contributed by atoms with van der Waals surface area (Å²) in [5, 5.41) is 2.32. The third-order valence-electron chi connectivity index (χ3n) is 5.54. The molecule has 8 nitrogen and oxygen atoms in total. The molecule has 3 aliphatic rings. The van der Waals surface area contributed by atoms with Gasteiger partial charge in [0.1, 0.15) is 11.6 Å². The summed E-state index contributed by atoms with van der Waals surface area (Å²) < 4.78 is 5.46. The Bertz CT molecular complexity index is 918. The summed E-state index contributed by atoms with van der Waals surface area (Å²) in [6.07, 6.45) is 0.783. The summed E-state index contributed by atoms with van der Waals surface area (Å²) in [5.41, 5.74) is 2.86. The van der Waals surface area contributed by atoms with Gasteiger partial charge in [-0.15, -0.1) is 0 Å². The van der Waals surface area contributed by atoms with Crippen molar-refractivity contribution < 1.29 is 23.9 Å². The smallest absolute Gasteiger partial charge is 0.410 e. The molecule has 1 saturated heterocycles. The van der Waals surface area contributed by atoms with Crippen LogP contribution in [0.4, 0.5) is 4.79 Å². The van der Waals surface area contributed by atoms with Gasteiger partial charge in [-0.2, -0.15) is 0 Å². The lowest BCUT2D eigenvalue weighted by Gasteiger charge is -2.32. The fourth-order valence-corrected chi connectivity index (χ4v) is 4.22. The molecule has 1 aromatic rings. The Labute approximate surface area is 169 Å². The van der Waals surface area contributed by atoms with Crippen molar-refractivity contribution >= 4 is 23.8 Å². The largest absolute Gasteiger partial charge is 0.444 e. The first kappa shape index (κ1) is 19.4. The van der Waals surface area contributed by atoms with Gasteiger partial charge in [0.25, 0.3) is 5.91 Å². The fraction of sp³-hybridized carbons (Fsp3) is 0.524. The quantitative estimate of drug-likeness (QED) is 0.726. The van der Waals surface area contributed by atoms with E-state index in [9.17, 15) is 19.2 Å². The third kappa shape index (κ3) is 3.59. The average Bonchev–Trinajstić information content (AvgIpc) is 2.97. The number of benzene rings is 1. The summed E-state index contributed by atoms with van der Waals surface area (Å²) >= 11 is 0. The van der Waals surface area contributed by atoms with Gasteiger partial charge < -0.3 is 14.5 Å². The molecule has 0 spiro atoms. The predicted molar refractivity (Wildman–Crippen MR) is 103 cm³/mol. The zero-order valence-corrected chi connectivity index (χ0v) is 16.9. The van der Waals surface area contributed by atoms with Crippen LogP contribution in [0.1, 0.15) is 60.7 Å². The van der Waals surface area contributed by atoms with Gasteiger partial charge in [-0.1, -0.05) is 12.1 Å². The van der Waals surface area contributed by atoms with Gasteiger partial charge in [0.2, 0.25) is 11.8 Å². The summed E-state index contributed by atoms with van der Waals surface area (Å²) in [4.78, 5) is 52.4. The Morgan fingerprint density at radius 2 is 1.83 bits per heavy atom. The molecule has 0 bridgehead atoms. The SMILES string of the molecule is CC(C)(C)OC(=O)N1CCc2c(ccc3c2C(=O)N(C2CCC(=O)NC2=O)C3)C1. The van der Waals surface area contributed by atoms with Crippen LogP contribution >= 0.6 is 0 Å². The van der Waals surface area contributed by atoms with E-state index in [0.717, 1.165) is 16.7 Å². The maximum absolute atomic E-state index is 13.2. The van der Waals surface area contributed by atoms with E-state index in [0.29, 0.717) is 38.0 Å². The van der Waals surface area contributed by atoms with Gasteiger partial charge in [-0.3, -0.25) is 19.7 Å². The molecule has 1 atom stereocenters. The molecule has 29 heavy (non-hydrogen) atoms. The normalized spacial score (nSPS) is 21.6. The first-order valence-electron chi connectivity index (χ1n) is 9.90. The molecule has 154 valence electrons. The minimum absolute atomic E-state index is 0.169. The van der Waals surface area contributed by atoms with Crippen LogP contribution in [0.3, 0.4) is 0 Å². The Balaban J connectivity index is 1.55. The minimum atomic E-state index is -0.620. The van der Waals surface area contributed by atoms with E-state index in [2.05, 4.69) is 5.32 Å². The van der Waals surface area contributed by atoms with Crippen molar-refractivity contribution in [3.05, 3.63) is 34.4 Å². The number of carbonyl (C=O) groups excluding carboxylic acids is 4. The number of fused-ring (bicyclic) bond motifs is 3. The van der Waals surface area contributed by atoms with Crippen LogP contribution in [0.25, 0.3) is 0 Å². The number of nitrogens with one attached hydrogen (secondary N) is 1. The monoisotopic (exact) mass is 399 g/mol. The number of piperidine rings is 1. The van der Waals surface area contributed by atoms with Gasteiger partial charge in [0.15, 0.2) is 0 Å². The maximum atomic E-state index is 13.2. The number of imide groups is 1. The second-order valence-electron chi connectivity index (χ2n) is 8.79. The number of carbonyl (C=O) groups is 4. The van der Waals surface area contributed by atoms with Crippen LogP contribution in [0.5, 0.6) is 0 Å². The lowest BCUT2D eigenvalue weighted by molar-refractivity contribution is -0.136. The van der Waals surface area contributed by atoms with Crippen LogP contribution in [0.15, 0.2) is 12.1 Å². The van der Waals surface area contributed by atoms with Gasteiger partial charge in [0.05, 0.1) is 0 Å². The zero-order chi connectivity index (χ0) is 20.9. The Kier molecular flexibility index (Phi) is 4.59. The average molecular weight is 399 g/mol. The van der Waals surface area contributed by atoms with E-state index < -0.39 is 17.6 Å². The minimum Gasteiger partial charge on any atom is -0.444 e. The van der Waals surface area contributed by atoms with E-state index in [1.54, 1.807) is 9.80 Å². The molecule has 1 aromatic carbocycles. The van der Waals surface area contributed by atoms with E-state index in [-0.39, 0.29) is 24.3 Å². The Hall–Kier alpha value is -2.90. The Morgan fingerprint density at radius 1 is 1.10 bits per heavy atom. The van der Waals surface area contributed by atoms with Crippen molar-refractivity contribution in [3.8, 4) is 0 Å². The lowest BCUT2D eigenvalue weighted by Crippen LogP contribution is -2.52. The molecule has 3 heterocycles. The topological polar surface area (TPSA) is 96.0 Å². The fourth-order valence-electron chi connectivity index (χ4n) is 4.22. The highest BCUT2D eigenvalue weighted by atomic mass is 16.6. The number of nitrogens with zero attached hydrogens (tertiary/aromatic N) is 2. The van der Waals surface area contributed by atoms with Crippen LogP contribution < -0.4 is 5.32 Å². The number of amides is 4. The maximum Gasteiger partial charge on any atom is 0.410 e. The molecule has 1 fully saturated rings. The van der Waals surface area contributed by atoms with Crippen LogP contribution in [-0.2, 0) is 33.8 Å². The van der Waals surface area contributed by atoms with Gasteiger partial charge >= 0.3 is 6.09 Å². The molecular formula is C21H25N3O5. The molecule has 1 N–H and O–H groups in total. The highest BCUT2D eigenvalue weighted by Crippen LogP contribution is 2.34. The van der Waals surface area contributed by atoms with Crippen molar-refractivity contribution in [2.24, 2.45) is 0 Å². The van der Waals surface area contributed by atoms with Gasteiger partial charge in [-0.05, 0) is 50.3 Å². The molecule has 4 amide bonds. The molecule has 3 aliphatic heterocycles. The second-order valence-corrected chi connectivity index (χ2v) is 8.79. The molecule has 0 aliphatic carbocycles. The van der Waals surface area contributed by atoms with E-state index >= 15 is 0 Å². The lowest BCUT2D eigenvalue weighted by atomic mass is 9.92. The van der Waals surface area contributed by atoms with Crippen molar-refractivity contribution in [1.82, 2.24) is 15.1 Å². The zero-order valence-electron chi connectivity index (χ0n) is 16.9. The van der Waals surface area contributed by atoms with E-state index in [1.165, 1.54) is 0 Å². The number of ether oxygens (including phenoxy) is 1. The number of rotatable bonds is 1. The highest BCUT2D eigenvalue weighted by Gasteiger charge is 2.41. The summed E-state index contributed by atoms with van der Waals surface area (Å²) in [5.74, 6) is -0.875. The van der Waals surface area contributed by atoms with Crippen molar-refractivity contribution in [2.75, 3.05) is 6.54 Å². The van der Waals surface area contributed by atoms with Crippen molar-refractivity contribution in [2.45, 2.75) is 64.8 Å². The summed E-state index contributed by atoms with van der Waals surface area (Å²) in [6.45, 7) is 6.73. The van der Waals surface area contributed by atoms with Crippen LogP contribution in [0, 0.1) is 0 Å². The number of hydrogen-bond acceptors (Lipinski definition) is 5. The Morgan fingerprint density at radius 3 is 2.52 bits per heavy atom. The van der Waals surface area contributed by atoms with Gasteiger partial charge in [-0.25, -0.2) is 4.79 Å². The van der Waals surface area contributed by atoms with Crippen LogP contribution in [0.2, 0.25) is 0 Å². The highest BCUT2D eigenvalue weighted by molar-refractivity contribution is 6.06. The molecule has 0 radical (unpaired) electrons. The first-order valence-corrected chi connectivity index (χ1v) is 9.90. The first-order chi connectivity index (χ1) is 13.6. The van der Waals surface area contributed by atoms with Crippen LogP contribution in [-0.4, -0.2) is 51.8 Å². The third-order valence-corrected chi connectivity index (χ3v) is 5.54. The molecule has 0 saturated carbocycles. The van der Waals surface area contributed by atoms with Crippen molar-refractivity contribution in [3.63, 3.8) is 0 Å². The molecule has 1 unspecified atom stereocenters. The predicted octanol–water partition coefficient (Wildman–Crippen LogP) is 1.74. The van der Waals surface area contributed by atoms with Crippen molar-refractivity contribution in [1.29, 1.82) is 0 Å². The van der Waals surface area contributed by atoms with Gasteiger partial charge in [0, 0.05) is 31.6 Å². The molecular weight excluding hydrogens is 374 g/mol. The summed E-state index contributed by atoms with van der Waals surface area (Å²) in [6, 6.07) is 3.23. The molecule has 8 heteroatoms. The number of hydrogen-bond donors (Lipinski definition) is 1. The molecule has 4 rings (SSSR count). The van der Waals surface area contributed by atoms with E-state index in [1.807, 2.05) is 32.9 Å². The molecule has 0 aromatic heterocycles. The second kappa shape index (κ2) is 6.86. The van der Waals surface area contributed by atoms with E-state index in [4.69, 9.17) is 4.74 Å². The summed E-state index contributed by atoms with van der Waals surface area (Å²) in [7, 11) is 0. The standard InChI is InChI=1S/C21H25N3O5/c1-21(2,3)29-20(28)23-9-8-14-12(10-23)4-5-13-11-24(19(27)17(13)14)15-6-7-16(25)22-18(15)26/h4-5,15H,6-11H2,1-3H3,(H,22,25,26).